The summed E-state index contributed by atoms with van der Waals surface area (Å²) in [5, 5.41) is 15.2. The lowest BCUT2D eigenvalue weighted by molar-refractivity contribution is -0.149. The molecule has 0 aliphatic carbocycles. The van der Waals surface area contributed by atoms with Gasteiger partial charge in [0.15, 0.2) is 0 Å². The standard InChI is InChI=1S/C28H30N2O6/c1-20(31)25(30-28(34)36-19-23-15-9-4-10-16-23)26(32)29-24(17-21-11-5-2-6-12-21)27(33)35-18-22-13-7-3-8-14-22/h2-16,20,24-25,31H,17-19H2,1H3,(H,29,32)(H,30,34). The Balaban J connectivity index is 1.64. The monoisotopic (exact) mass is 490 g/mol. The maximum Gasteiger partial charge on any atom is 0.408 e. The highest BCUT2D eigenvalue weighted by molar-refractivity contribution is 5.90. The van der Waals surface area contributed by atoms with Crippen molar-refractivity contribution in [3.63, 3.8) is 0 Å². The number of nitrogens with one attached hydrogen (secondary N) is 2. The van der Waals surface area contributed by atoms with Crippen LogP contribution in [0.25, 0.3) is 0 Å². The first kappa shape index (κ1) is 26.4. The van der Waals surface area contributed by atoms with Crippen LogP contribution < -0.4 is 10.6 Å². The van der Waals surface area contributed by atoms with Crippen LogP contribution in [0.3, 0.4) is 0 Å². The number of amides is 2. The van der Waals surface area contributed by atoms with Gasteiger partial charge in [-0.15, -0.1) is 0 Å². The normalized spacial score (nSPS) is 13.1. The average molecular weight is 491 g/mol. The molecule has 3 rings (SSSR count). The number of ether oxygens (including phenoxy) is 2. The SMILES string of the molecule is CC(O)C(NC(=O)OCc1ccccc1)C(=O)NC(Cc1ccccc1)C(=O)OCc1ccccc1. The van der Waals surface area contributed by atoms with E-state index < -0.39 is 36.2 Å². The highest BCUT2D eigenvalue weighted by Gasteiger charge is 2.31. The molecule has 0 heterocycles. The first-order chi connectivity index (χ1) is 17.4. The Morgan fingerprint density at radius 3 is 1.69 bits per heavy atom. The molecule has 8 heteroatoms. The fourth-order valence-electron chi connectivity index (χ4n) is 3.43. The number of hydrogen-bond acceptors (Lipinski definition) is 6. The van der Waals surface area contributed by atoms with Gasteiger partial charge in [-0.05, 0) is 23.6 Å². The van der Waals surface area contributed by atoms with Crippen LogP contribution in [0, 0.1) is 0 Å². The van der Waals surface area contributed by atoms with Gasteiger partial charge in [-0.1, -0.05) is 91.0 Å². The molecule has 0 radical (unpaired) electrons. The molecule has 3 unspecified atom stereocenters. The zero-order valence-electron chi connectivity index (χ0n) is 20.0. The lowest BCUT2D eigenvalue weighted by Crippen LogP contribution is -2.56. The summed E-state index contributed by atoms with van der Waals surface area (Å²) < 4.78 is 10.6. The van der Waals surface area contributed by atoms with E-state index in [1.807, 2.05) is 78.9 Å². The zero-order chi connectivity index (χ0) is 25.8. The number of aliphatic hydroxyl groups is 1. The fraction of sp³-hybridized carbons (Fsp3) is 0.250. The quantitative estimate of drug-likeness (QED) is 0.356. The molecule has 3 aromatic carbocycles. The highest BCUT2D eigenvalue weighted by atomic mass is 16.5. The maximum absolute atomic E-state index is 13.0. The number of esters is 1. The van der Waals surface area contributed by atoms with Gasteiger partial charge in [-0.25, -0.2) is 9.59 Å². The number of alkyl carbamates (subject to hydrolysis) is 1. The molecule has 3 aromatic rings. The van der Waals surface area contributed by atoms with Crippen molar-refractivity contribution < 1.29 is 29.0 Å². The average Bonchev–Trinajstić information content (AvgIpc) is 2.90. The molecule has 0 aliphatic heterocycles. The molecule has 0 fully saturated rings. The van der Waals surface area contributed by atoms with Crippen LogP contribution in [0.2, 0.25) is 0 Å². The van der Waals surface area contributed by atoms with Crippen molar-refractivity contribution in [2.75, 3.05) is 0 Å². The molecule has 0 bridgehead atoms. The molecule has 8 nitrogen and oxygen atoms in total. The van der Waals surface area contributed by atoms with Crippen molar-refractivity contribution in [2.45, 2.75) is 44.7 Å². The van der Waals surface area contributed by atoms with Crippen molar-refractivity contribution in [1.82, 2.24) is 10.6 Å². The van der Waals surface area contributed by atoms with Gasteiger partial charge in [0.2, 0.25) is 5.91 Å². The second-order valence-corrected chi connectivity index (χ2v) is 8.27. The van der Waals surface area contributed by atoms with Gasteiger partial charge in [-0.3, -0.25) is 4.79 Å². The Bertz CT molecular complexity index is 1110. The molecule has 36 heavy (non-hydrogen) atoms. The van der Waals surface area contributed by atoms with Gasteiger partial charge in [0.05, 0.1) is 6.10 Å². The summed E-state index contributed by atoms with van der Waals surface area (Å²) in [6.07, 6.45) is -1.94. The highest BCUT2D eigenvalue weighted by Crippen LogP contribution is 2.09. The summed E-state index contributed by atoms with van der Waals surface area (Å²) in [7, 11) is 0. The molecule has 3 N–H and O–H groups in total. The van der Waals surface area contributed by atoms with Gasteiger partial charge in [-0.2, -0.15) is 0 Å². The van der Waals surface area contributed by atoms with Crippen molar-refractivity contribution in [1.29, 1.82) is 0 Å². The number of carbonyl (C=O) groups excluding carboxylic acids is 3. The summed E-state index contributed by atoms with van der Waals surface area (Å²) in [5.41, 5.74) is 2.39. The molecular formula is C28H30N2O6. The minimum Gasteiger partial charge on any atom is -0.459 e. The van der Waals surface area contributed by atoms with Gasteiger partial charge in [0.1, 0.15) is 25.3 Å². The first-order valence-corrected chi connectivity index (χ1v) is 11.6. The first-order valence-electron chi connectivity index (χ1n) is 11.6. The van der Waals surface area contributed by atoms with Crippen LogP contribution >= 0.6 is 0 Å². The lowest BCUT2D eigenvalue weighted by Gasteiger charge is -2.24. The van der Waals surface area contributed by atoms with Crippen LogP contribution in [-0.2, 0) is 38.7 Å². The Morgan fingerprint density at radius 1 is 0.722 bits per heavy atom. The van der Waals surface area contributed by atoms with Crippen molar-refractivity contribution in [3.8, 4) is 0 Å². The molecule has 188 valence electrons. The van der Waals surface area contributed by atoms with Crippen LogP contribution in [0.15, 0.2) is 91.0 Å². The summed E-state index contributed by atoms with van der Waals surface area (Å²) in [5.74, 6) is -1.37. The van der Waals surface area contributed by atoms with Gasteiger partial charge in [0, 0.05) is 6.42 Å². The number of carbonyl (C=O) groups is 3. The van der Waals surface area contributed by atoms with E-state index in [2.05, 4.69) is 10.6 Å². The van der Waals surface area contributed by atoms with Gasteiger partial charge < -0.3 is 25.2 Å². The topological polar surface area (TPSA) is 114 Å². The Hall–Kier alpha value is -4.17. The predicted octanol–water partition coefficient (Wildman–Crippen LogP) is 3.13. The van der Waals surface area contributed by atoms with Crippen molar-refractivity contribution >= 4 is 18.0 Å². The van der Waals surface area contributed by atoms with E-state index in [0.717, 1.165) is 16.7 Å². The summed E-state index contributed by atoms with van der Waals surface area (Å²) in [6, 6.07) is 25.0. The summed E-state index contributed by atoms with van der Waals surface area (Å²) in [4.78, 5) is 38.2. The predicted molar refractivity (Wildman–Crippen MR) is 134 cm³/mol. The fourth-order valence-corrected chi connectivity index (χ4v) is 3.43. The Kier molecular flexibility index (Phi) is 10.0. The van der Waals surface area contributed by atoms with Crippen LogP contribution in [0.4, 0.5) is 4.79 Å². The van der Waals surface area contributed by atoms with E-state index >= 15 is 0 Å². The van der Waals surface area contributed by atoms with Gasteiger partial charge >= 0.3 is 12.1 Å². The molecular weight excluding hydrogens is 460 g/mol. The molecule has 0 aromatic heterocycles. The minimum absolute atomic E-state index is 0.00324. The molecule has 2 amide bonds. The Morgan fingerprint density at radius 2 is 1.19 bits per heavy atom. The minimum atomic E-state index is -1.34. The molecule has 3 atom stereocenters. The van der Waals surface area contributed by atoms with Crippen LogP contribution in [-0.4, -0.2) is 41.3 Å². The molecule has 0 aliphatic rings. The van der Waals surface area contributed by atoms with E-state index in [1.54, 1.807) is 12.1 Å². The number of benzene rings is 3. The third-order valence-electron chi connectivity index (χ3n) is 5.36. The van der Waals surface area contributed by atoms with E-state index in [0.29, 0.717) is 0 Å². The number of aliphatic hydroxyl groups excluding tert-OH is 1. The third-order valence-corrected chi connectivity index (χ3v) is 5.36. The molecule has 0 spiro atoms. The van der Waals surface area contributed by atoms with Gasteiger partial charge in [0.25, 0.3) is 0 Å². The molecule has 0 saturated heterocycles. The maximum atomic E-state index is 13.0. The van der Waals surface area contributed by atoms with Crippen molar-refractivity contribution in [2.24, 2.45) is 0 Å². The molecule has 0 saturated carbocycles. The largest absolute Gasteiger partial charge is 0.459 e. The van der Waals surface area contributed by atoms with E-state index in [4.69, 9.17) is 9.47 Å². The van der Waals surface area contributed by atoms with E-state index in [9.17, 15) is 19.5 Å². The second kappa shape index (κ2) is 13.7. The van der Waals surface area contributed by atoms with Crippen LogP contribution in [0.1, 0.15) is 23.6 Å². The van der Waals surface area contributed by atoms with E-state index in [-0.39, 0.29) is 19.6 Å². The van der Waals surface area contributed by atoms with Crippen LogP contribution in [0.5, 0.6) is 0 Å². The zero-order valence-corrected chi connectivity index (χ0v) is 20.0. The number of rotatable bonds is 11. The summed E-state index contributed by atoms with van der Waals surface area (Å²) in [6.45, 7) is 1.41. The van der Waals surface area contributed by atoms with Crippen molar-refractivity contribution in [3.05, 3.63) is 108 Å². The third kappa shape index (κ3) is 8.56. The summed E-state index contributed by atoms with van der Waals surface area (Å²) >= 11 is 0. The number of hydrogen-bond donors (Lipinski definition) is 3. The lowest BCUT2D eigenvalue weighted by atomic mass is 10.0. The smallest absolute Gasteiger partial charge is 0.408 e. The van der Waals surface area contributed by atoms with E-state index in [1.165, 1.54) is 6.92 Å². The second-order valence-electron chi connectivity index (χ2n) is 8.27. The Labute approximate surface area is 210 Å².